The summed E-state index contributed by atoms with van der Waals surface area (Å²) in [6.07, 6.45) is 3.95. The fraction of sp³-hybridized carbons (Fsp3) is 1.00. The molecule has 0 aliphatic heterocycles. The van der Waals surface area contributed by atoms with Gasteiger partial charge in [0.15, 0.2) is 0 Å². The Morgan fingerprint density at radius 3 is 2.41 bits per heavy atom. The molecule has 0 aromatic rings. The normalized spacial score (nSPS) is 30.9. The van der Waals surface area contributed by atoms with Crippen LogP contribution in [-0.2, 0) is 4.74 Å². The van der Waals surface area contributed by atoms with E-state index in [-0.39, 0.29) is 12.2 Å². The van der Waals surface area contributed by atoms with Crippen LogP contribution in [0.25, 0.3) is 0 Å². The van der Waals surface area contributed by atoms with E-state index in [0.717, 1.165) is 32.3 Å². The molecule has 3 atom stereocenters. The molecule has 0 aromatic heterocycles. The lowest BCUT2D eigenvalue weighted by Crippen LogP contribution is -2.40. The SMILES string of the molecule is CC(C)CCOC1CC(C(C)(C)C)CCC1O. The monoisotopic (exact) mass is 242 g/mol. The van der Waals surface area contributed by atoms with Gasteiger partial charge in [-0.2, -0.15) is 0 Å². The summed E-state index contributed by atoms with van der Waals surface area (Å²) in [6, 6.07) is 0. The Labute approximate surface area is 107 Å². The van der Waals surface area contributed by atoms with Gasteiger partial charge in [0.2, 0.25) is 0 Å². The topological polar surface area (TPSA) is 29.5 Å². The highest BCUT2D eigenvalue weighted by Gasteiger charge is 2.35. The molecular weight excluding hydrogens is 212 g/mol. The minimum absolute atomic E-state index is 0.0618. The van der Waals surface area contributed by atoms with Crippen LogP contribution < -0.4 is 0 Å². The molecule has 0 saturated heterocycles. The van der Waals surface area contributed by atoms with Gasteiger partial charge >= 0.3 is 0 Å². The molecule has 1 aliphatic rings. The van der Waals surface area contributed by atoms with E-state index in [0.29, 0.717) is 17.3 Å². The fourth-order valence-electron chi connectivity index (χ4n) is 2.53. The molecule has 0 radical (unpaired) electrons. The van der Waals surface area contributed by atoms with Gasteiger partial charge in [-0.05, 0) is 42.9 Å². The van der Waals surface area contributed by atoms with E-state index in [9.17, 15) is 5.11 Å². The summed E-state index contributed by atoms with van der Waals surface area (Å²) >= 11 is 0. The van der Waals surface area contributed by atoms with E-state index in [4.69, 9.17) is 4.74 Å². The van der Waals surface area contributed by atoms with Gasteiger partial charge in [-0.15, -0.1) is 0 Å². The predicted octanol–water partition coefficient (Wildman–Crippen LogP) is 3.62. The number of aliphatic hydroxyl groups excluding tert-OH is 1. The molecule has 3 unspecified atom stereocenters. The first kappa shape index (κ1) is 15.0. The van der Waals surface area contributed by atoms with Crippen LogP contribution in [0.2, 0.25) is 0 Å². The molecule has 1 aliphatic carbocycles. The molecule has 1 N–H and O–H groups in total. The number of aliphatic hydroxyl groups is 1. The highest BCUT2D eigenvalue weighted by Crippen LogP contribution is 2.38. The largest absolute Gasteiger partial charge is 0.390 e. The lowest BCUT2D eigenvalue weighted by atomic mass is 9.71. The third kappa shape index (κ3) is 4.97. The summed E-state index contributed by atoms with van der Waals surface area (Å²) in [4.78, 5) is 0. The van der Waals surface area contributed by atoms with Crippen LogP contribution in [0.15, 0.2) is 0 Å². The summed E-state index contributed by atoms with van der Waals surface area (Å²) in [5.74, 6) is 1.35. The molecule has 1 saturated carbocycles. The number of hydrogen-bond donors (Lipinski definition) is 1. The molecule has 0 heterocycles. The van der Waals surface area contributed by atoms with Crippen molar-refractivity contribution in [2.24, 2.45) is 17.3 Å². The van der Waals surface area contributed by atoms with E-state index >= 15 is 0 Å². The van der Waals surface area contributed by atoms with Crippen LogP contribution in [-0.4, -0.2) is 23.9 Å². The molecule has 2 nitrogen and oxygen atoms in total. The predicted molar refractivity (Wildman–Crippen MR) is 72.0 cm³/mol. The second-order valence-electron chi connectivity index (χ2n) is 7.04. The van der Waals surface area contributed by atoms with Gasteiger partial charge in [-0.25, -0.2) is 0 Å². The second-order valence-corrected chi connectivity index (χ2v) is 7.04. The first-order valence-corrected chi connectivity index (χ1v) is 7.10. The quantitative estimate of drug-likeness (QED) is 0.816. The minimum atomic E-state index is -0.249. The zero-order valence-corrected chi connectivity index (χ0v) is 12.2. The molecule has 0 amide bonds. The van der Waals surface area contributed by atoms with Gasteiger partial charge in [-0.1, -0.05) is 34.6 Å². The summed E-state index contributed by atoms with van der Waals surface area (Å²) in [7, 11) is 0. The van der Waals surface area contributed by atoms with Crippen molar-refractivity contribution in [1.82, 2.24) is 0 Å². The average molecular weight is 242 g/mol. The van der Waals surface area contributed by atoms with Gasteiger partial charge in [0, 0.05) is 6.61 Å². The van der Waals surface area contributed by atoms with Gasteiger partial charge in [0.25, 0.3) is 0 Å². The van der Waals surface area contributed by atoms with Gasteiger partial charge in [0.1, 0.15) is 0 Å². The second kappa shape index (κ2) is 6.19. The first-order valence-electron chi connectivity index (χ1n) is 7.10. The fourth-order valence-corrected chi connectivity index (χ4v) is 2.53. The maximum atomic E-state index is 9.99. The summed E-state index contributed by atoms with van der Waals surface area (Å²) in [5.41, 5.74) is 0.333. The molecule has 2 heteroatoms. The van der Waals surface area contributed by atoms with Crippen LogP contribution in [0.3, 0.4) is 0 Å². The van der Waals surface area contributed by atoms with Crippen molar-refractivity contribution in [1.29, 1.82) is 0 Å². The van der Waals surface area contributed by atoms with E-state index in [1.165, 1.54) is 0 Å². The van der Waals surface area contributed by atoms with Crippen molar-refractivity contribution in [3.05, 3.63) is 0 Å². The summed E-state index contributed by atoms with van der Waals surface area (Å²) < 4.78 is 5.88. The Morgan fingerprint density at radius 2 is 1.88 bits per heavy atom. The Bertz CT molecular complexity index is 217. The van der Waals surface area contributed by atoms with Crippen LogP contribution in [0, 0.1) is 17.3 Å². The molecule has 0 aromatic carbocycles. The smallest absolute Gasteiger partial charge is 0.0836 e. The minimum Gasteiger partial charge on any atom is -0.390 e. The zero-order valence-electron chi connectivity index (χ0n) is 12.2. The first-order chi connectivity index (χ1) is 7.80. The van der Waals surface area contributed by atoms with Crippen LogP contribution >= 0.6 is 0 Å². The van der Waals surface area contributed by atoms with Crippen LogP contribution in [0.4, 0.5) is 0 Å². The highest BCUT2D eigenvalue weighted by molar-refractivity contribution is 4.86. The summed E-state index contributed by atoms with van der Waals surface area (Å²) in [6.45, 7) is 12.1. The maximum absolute atomic E-state index is 9.99. The third-order valence-electron chi connectivity index (χ3n) is 4.01. The standard InChI is InChI=1S/C15H30O2/c1-11(2)8-9-17-14-10-12(15(3,4)5)6-7-13(14)16/h11-14,16H,6-10H2,1-5H3. The van der Waals surface area contributed by atoms with Crippen molar-refractivity contribution >= 4 is 0 Å². The zero-order chi connectivity index (χ0) is 13.1. The Kier molecular flexibility index (Phi) is 5.46. The number of hydrogen-bond acceptors (Lipinski definition) is 2. The van der Waals surface area contributed by atoms with Crippen molar-refractivity contribution < 1.29 is 9.84 Å². The molecule has 17 heavy (non-hydrogen) atoms. The van der Waals surface area contributed by atoms with Crippen molar-refractivity contribution in [3.8, 4) is 0 Å². The van der Waals surface area contributed by atoms with Gasteiger partial charge in [-0.3, -0.25) is 0 Å². The Balaban J connectivity index is 2.41. The number of ether oxygens (including phenoxy) is 1. The molecule has 102 valence electrons. The molecule has 1 rings (SSSR count). The Hall–Kier alpha value is -0.0800. The van der Waals surface area contributed by atoms with E-state index in [1.54, 1.807) is 0 Å². The molecular formula is C15H30O2. The Morgan fingerprint density at radius 1 is 1.24 bits per heavy atom. The van der Waals surface area contributed by atoms with Crippen molar-refractivity contribution in [3.63, 3.8) is 0 Å². The van der Waals surface area contributed by atoms with Gasteiger partial charge in [0.05, 0.1) is 12.2 Å². The molecule has 0 bridgehead atoms. The lowest BCUT2D eigenvalue weighted by molar-refractivity contribution is -0.0856. The van der Waals surface area contributed by atoms with Crippen LogP contribution in [0.5, 0.6) is 0 Å². The van der Waals surface area contributed by atoms with Crippen molar-refractivity contribution in [2.75, 3.05) is 6.61 Å². The average Bonchev–Trinajstić information content (AvgIpc) is 2.18. The molecule has 1 fully saturated rings. The van der Waals surface area contributed by atoms with E-state index in [1.807, 2.05) is 0 Å². The van der Waals surface area contributed by atoms with Crippen LogP contribution in [0.1, 0.15) is 60.3 Å². The molecule has 0 spiro atoms. The van der Waals surface area contributed by atoms with E-state index < -0.39 is 0 Å². The highest BCUT2D eigenvalue weighted by atomic mass is 16.5. The van der Waals surface area contributed by atoms with E-state index in [2.05, 4.69) is 34.6 Å². The van der Waals surface area contributed by atoms with Gasteiger partial charge < -0.3 is 9.84 Å². The lowest BCUT2D eigenvalue weighted by Gasteiger charge is -2.40. The maximum Gasteiger partial charge on any atom is 0.0836 e. The summed E-state index contributed by atoms with van der Waals surface area (Å²) in [5, 5.41) is 9.99. The van der Waals surface area contributed by atoms with Crippen molar-refractivity contribution in [2.45, 2.75) is 72.5 Å². The number of rotatable bonds is 4. The third-order valence-corrected chi connectivity index (χ3v) is 4.01.